The lowest BCUT2D eigenvalue weighted by molar-refractivity contribution is -0.134. The van der Waals surface area contributed by atoms with Crippen molar-refractivity contribution < 1.29 is 9.53 Å². The highest BCUT2D eigenvalue weighted by molar-refractivity contribution is 7.15. The molecule has 11 heteroatoms. The van der Waals surface area contributed by atoms with Gasteiger partial charge in [-0.15, -0.1) is 11.3 Å². The number of rotatable bonds is 4. The van der Waals surface area contributed by atoms with Gasteiger partial charge < -0.3 is 9.64 Å². The van der Waals surface area contributed by atoms with Crippen LogP contribution in [-0.4, -0.2) is 56.3 Å². The number of hydrogen-bond donors (Lipinski definition) is 0. The molecule has 1 aromatic carbocycles. The summed E-state index contributed by atoms with van der Waals surface area (Å²) in [6, 6.07) is 7.08. The van der Waals surface area contributed by atoms with Gasteiger partial charge in [-0.3, -0.25) is 14.0 Å². The van der Waals surface area contributed by atoms with E-state index in [0.717, 1.165) is 11.4 Å². The SMILES string of the molecule is Cc1nc2scc(CC(=O)N3CCOCC3)n2c(=O)c1-c1cc(C)n(-c2ccc(Cl)c(Cl)c2)n1. The second-order valence-corrected chi connectivity index (χ2v) is 9.72. The highest BCUT2D eigenvalue weighted by Crippen LogP contribution is 2.27. The van der Waals surface area contributed by atoms with Crippen molar-refractivity contribution >= 4 is 45.4 Å². The molecule has 4 heterocycles. The third-order valence-corrected chi connectivity index (χ3v) is 7.42. The summed E-state index contributed by atoms with van der Waals surface area (Å²) in [6.45, 7) is 5.87. The van der Waals surface area contributed by atoms with Gasteiger partial charge >= 0.3 is 0 Å². The van der Waals surface area contributed by atoms with Crippen molar-refractivity contribution in [1.82, 2.24) is 24.1 Å². The fraction of sp³-hybridized carbons (Fsp3) is 0.304. The Balaban J connectivity index is 1.55. The average molecular weight is 518 g/mol. The minimum atomic E-state index is -0.243. The van der Waals surface area contributed by atoms with Crippen LogP contribution in [0, 0.1) is 13.8 Å². The molecular weight excluding hydrogens is 497 g/mol. The van der Waals surface area contributed by atoms with Crippen LogP contribution in [0.5, 0.6) is 0 Å². The van der Waals surface area contributed by atoms with Gasteiger partial charge in [0, 0.05) is 29.9 Å². The number of morpholine rings is 1. The first-order valence-corrected chi connectivity index (χ1v) is 12.3. The predicted molar refractivity (Wildman–Crippen MR) is 132 cm³/mol. The summed E-state index contributed by atoms with van der Waals surface area (Å²) in [4.78, 5) is 33.4. The minimum Gasteiger partial charge on any atom is -0.378 e. The van der Waals surface area contributed by atoms with Crippen molar-refractivity contribution in [2.45, 2.75) is 20.3 Å². The Labute approximate surface area is 209 Å². The molecule has 0 atom stereocenters. The zero-order chi connectivity index (χ0) is 24.0. The van der Waals surface area contributed by atoms with Crippen LogP contribution in [0.4, 0.5) is 0 Å². The number of halogens is 2. The number of amides is 1. The Kier molecular flexibility index (Phi) is 6.20. The monoisotopic (exact) mass is 517 g/mol. The van der Waals surface area contributed by atoms with Crippen LogP contribution in [0.15, 0.2) is 34.4 Å². The smallest absolute Gasteiger partial charge is 0.268 e. The molecule has 3 aromatic heterocycles. The number of nitrogens with zero attached hydrogens (tertiary/aromatic N) is 5. The zero-order valence-electron chi connectivity index (χ0n) is 18.5. The van der Waals surface area contributed by atoms with Crippen LogP contribution in [0.2, 0.25) is 10.0 Å². The van der Waals surface area contributed by atoms with Crippen LogP contribution in [-0.2, 0) is 16.0 Å². The number of benzene rings is 1. The molecule has 0 unspecified atom stereocenters. The molecule has 1 fully saturated rings. The standard InChI is InChI=1S/C23H21Cl2N5O3S/c1-13-9-19(27-30(13)15-3-4-17(24)18(25)10-15)21-14(2)26-23-29(22(21)32)16(12-34-23)11-20(31)28-5-7-33-8-6-28/h3-4,9-10,12H,5-8,11H2,1-2H3. The molecule has 1 aliphatic rings. The van der Waals surface area contributed by atoms with E-state index in [1.165, 1.54) is 15.7 Å². The van der Waals surface area contributed by atoms with Gasteiger partial charge in [0.2, 0.25) is 5.91 Å². The van der Waals surface area contributed by atoms with E-state index in [4.69, 9.17) is 27.9 Å². The van der Waals surface area contributed by atoms with E-state index in [9.17, 15) is 9.59 Å². The van der Waals surface area contributed by atoms with E-state index in [1.54, 1.807) is 28.6 Å². The van der Waals surface area contributed by atoms with Crippen molar-refractivity contribution in [2.75, 3.05) is 26.3 Å². The number of hydrogen-bond acceptors (Lipinski definition) is 6. The molecule has 5 rings (SSSR count). The maximum atomic E-state index is 13.6. The fourth-order valence-corrected chi connectivity index (χ4v) is 5.30. The number of aromatic nitrogens is 4. The molecule has 1 aliphatic heterocycles. The van der Waals surface area contributed by atoms with Crippen LogP contribution in [0.25, 0.3) is 21.9 Å². The molecule has 34 heavy (non-hydrogen) atoms. The molecule has 0 saturated carbocycles. The molecule has 0 aliphatic carbocycles. The van der Waals surface area contributed by atoms with Crippen LogP contribution < -0.4 is 5.56 Å². The van der Waals surface area contributed by atoms with Crippen LogP contribution in [0.3, 0.4) is 0 Å². The molecule has 0 radical (unpaired) electrons. The second kappa shape index (κ2) is 9.14. The van der Waals surface area contributed by atoms with E-state index >= 15 is 0 Å². The van der Waals surface area contributed by atoms with Crippen LogP contribution in [0.1, 0.15) is 17.1 Å². The summed E-state index contributed by atoms with van der Waals surface area (Å²) in [5.74, 6) is -0.0308. The largest absolute Gasteiger partial charge is 0.378 e. The summed E-state index contributed by atoms with van der Waals surface area (Å²) in [5.41, 5.74) is 3.42. The molecular formula is C23H21Cl2N5O3S. The number of fused-ring (bicyclic) bond motifs is 1. The summed E-state index contributed by atoms with van der Waals surface area (Å²) in [6.07, 6.45) is 0.126. The zero-order valence-corrected chi connectivity index (χ0v) is 20.9. The van der Waals surface area contributed by atoms with Gasteiger partial charge in [-0.1, -0.05) is 23.2 Å². The summed E-state index contributed by atoms with van der Waals surface area (Å²) >= 11 is 13.6. The Morgan fingerprint density at radius 3 is 2.65 bits per heavy atom. The van der Waals surface area contributed by atoms with Gasteiger partial charge in [0.25, 0.3) is 5.56 Å². The van der Waals surface area contributed by atoms with E-state index in [-0.39, 0.29) is 17.9 Å². The lowest BCUT2D eigenvalue weighted by atomic mass is 10.1. The quantitative estimate of drug-likeness (QED) is 0.409. The highest BCUT2D eigenvalue weighted by Gasteiger charge is 2.22. The summed E-state index contributed by atoms with van der Waals surface area (Å²) < 4.78 is 8.57. The minimum absolute atomic E-state index is 0.0308. The third-order valence-electron chi connectivity index (χ3n) is 5.81. The van der Waals surface area contributed by atoms with E-state index in [0.29, 0.717) is 64.0 Å². The first kappa shape index (κ1) is 23.0. The van der Waals surface area contributed by atoms with Crippen LogP contribution >= 0.6 is 34.5 Å². The van der Waals surface area contributed by atoms with E-state index < -0.39 is 0 Å². The summed E-state index contributed by atoms with van der Waals surface area (Å²) in [7, 11) is 0. The van der Waals surface area contributed by atoms with Gasteiger partial charge in [0.05, 0.1) is 46.6 Å². The Morgan fingerprint density at radius 2 is 1.91 bits per heavy atom. The Hall–Kier alpha value is -2.72. The molecule has 8 nitrogen and oxygen atoms in total. The number of ether oxygens (including phenoxy) is 1. The predicted octanol–water partition coefficient (Wildman–Crippen LogP) is 3.93. The number of thiazole rings is 1. The Bertz CT molecular complexity index is 1470. The van der Waals surface area contributed by atoms with Gasteiger partial charge in [0.1, 0.15) is 5.69 Å². The van der Waals surface area contributed by atoms with Crippen molar-refractivity contribution in [3.05, 3.63) is 67.1 Å². The second-order valence-electron chi connectivity index (χ2n) is 8.07. The number of carbonyl (C=O) groups is 1. The molecule has 1 amide bonds. The lowest BCUT2D eigenvalue weighted by Crippen LogP contribution is -2.41. The molecule has 176 valence electrons. The fourth-order valence-electron chi connectivity index (χ4n) is 4.08. The molecule has 0 spiro atoms. The van der Waals surface area contributed by atoms with Gasteiger partial charge in [0.15, 0.2) is 4.96 Å². The maximum Gasteiger partial charge on any atom is 0.268 e. The first-order valence-electron chi connectivity index (χ1n) is 10.7. The van der Waals surface area contributed by atoms with E-state index in [1.807, 2.05) is 24.4 Å². The highest BCUT2D eigenvalue weighted by atomic mass is 35.5. The van der Waals surface area contributed by atoms with Crippen molar-refractivity contribution in [2.24, 2.45) is 0 Å². The van der Waals surface area contributed by atoms with Gasteiger partial charge in [-0.05, 0) is 38.1 Å². The molecule has 0 N–H and O–H groups in total. The first-order chi connectivity index (χ1) is 16.3. The normalized spacial score (nSPS) is 14.2. The van der Waals surface area contributed by atoms with Crippen molar-refractivity contribution in [1.29, 1.82) is 0 Å². The third kappa shape index (κ3) is 4.13. The summed E-state index contributed by atoms with van der Waals surface area (Å²) in [5, 5.41) is 7.37. The molecule has 0 bridgehead atoms. The molecule has 1 saturated heterocycles. The number of aryl methyl sites for hydroxylation is 2. The Morgan fingerprint density at radius 1 is 1.15 bits per heavy atom. The maximum absolute atomic E-state index is 13.6. The van der Waals surface area contributed by atoms with E-state index in [2.05, 4.69) is 10.1 Å². The number of carbonyl (C=O) groups excluding carboxylic acids is 1. The lowest BCUT2D eigenvalue weighted by Gasteiger charge is -2.26. The average Bonchev–Trinajstić information content (AvgIpc) is 3.39. The topological polar surface area (TPSA) is 81.7 Å². The van der Waals surface area contributed by atoms with Crippen molar-refractivity contribution in [3.63, 3.8) is 0 Å². The van der Waals surface area contributed by atoms with Gasteiger partial charge in [-0.25, -0.2) is 9.67 Å². The molecule has 4 aromatic rings. The van der Waals surface area contributed by atoms with Gasteiger partial charge in [-0.2, -0.15) is 5.10 Å². The van der Waals surface area contributed by atoms with Crippen molar-refractivity contribution in [3.8, 4) is 16.9 Å².